The average molecular weight is 1030 g/mol. The van der Waals surface area contributed by atoms with Gasteiger partial charge in [0.2, 0.25) is 0 Å². The standard InChI is InChI=1S/2C31H60O4.Ca/c2*1-3-5-7-9-11-13-15-17-19-24-28-31(34)35-29(26-22-20-23-27-30(32)33)25-21-18-16-14-12-10-8-6-4-2;/h2*29H,3-28H2,1-2H3,(H,32,33);/q;;+2/p-2. The molecule has 0 spiro atoms. The van der Waals surface area contributed by atoms with E-state index < -0.39 is 11.9 Å². The first kappa shape index (κ1) is 74.4. The van der Waals surface area contributed by atoms with E-state index in [2.05, 4.69) is 27.7 Å². The smallest absolute Gasteiger partial charge is 0.550 e. The molecule has 0 heterocycles. The molecule has 71 heavy (non-hydrogen) atoms. The Morgan fingerprint density at radius 2 is 0.437 bits per heavy atom. The predicted octanol–water partition coefficient (Wildman–Crippen LogP) is 17.3. The molecule has 0 aliphatic rings. The molecule has 9 heteroatoms. The van der Waals surface area contributed by atoms with Crippen LogP contribution in [0.5, 0.6) is 0 Å². The summed E-state index contributed by atoms with van der Waals surface area (Å²) in [5.41, 5.74) is 0. The third kappa shape index (κ3) is 65.2. The van der Waals surface area contributed by atoms with Gasteiger partial charge in [-0.05, 0) is 89.9 Å². The Morgan fingerprint density at radius 1 is 0.268 bits per heavy atom. The molecule has 416 valence electrons. The molecule has 0 saturated carbocycles. The fourth-order valence-corrected chi connectivity index (χ4v) is 9.53. The zero-order valence-electron chi connectivity index (χ0n) is 47.9. The van der Waals surface area contributed by atoms with E-state index in [0.717, 1.165) is 89.9 Å². The van der Waals surface area contributed by atoms with Gasteiger partial charge in [0.15, 0.2) is 0 Å². The first-order valence-electron chi connectivity index (χ1n) is 31.0. The van der Waals surface area contributed by atoms with Gasteiger partial charge < -0.3 is 29.3 Å². The minimum Gasteiger partial charge on any atom is -0.550 e. The van der Waals surface area contributed by atoms with Gasteiger partial charge in [0.25, 0.3) is 0 Å². The van der Waals surface area contributed by atoms with Crippen LogP contribution in [-0.2, 0) is 28.7 Å². The third-order valence-electron chi connectivity index (χ3n) is 14.1. The van der Waals surface area contributed by atoms with Crippen LogP contribution < -0.4 is 10.2 Å². The molecule has 0 aromatic heterocycles. The number of rotatable bonds is 56. The van der Waals surface area contributed by atoms with Crippen LogP contribution in [0.15, 0.2) is 0 Å². The summed E-state index contributed by atoms with van der Waals surface area (Å²) in [4.78, 5) is 46.0. The summed E-state index contributed by atoms with van der Waals surface area (Å²) < 4.78 is 11.7. The Bertz CT molecular complexity index is 1020. The fraction of sp³-hybridized carbons (Fsp3) is 0.935. The van der Waals surface area contributed by atoms with Crippen LogP contribution in [0.25, 0.3) is 0 Å². The molecule has 0 bridgehead atoms. The normalized spacial score (nSPS) is 11.9. The SMILES string of the molecule is CCCCCCCCCCCCC(=O)OC(CCCCCCCCCCC)CCCCCC(=O)[O-].CCCCCCCCCCCCC(=O)OC(CCCCCCCCCCC)CCCCCC(=O)[O-].[Ca+2]. The zero-order chi connectivity index (χ0) is 51.6. The number of hydrogen-bond donors (Lipinski definition) is 0. The van der Waals surface area contributed by atoms with Crippen molar-refractivity contribution in [2.75, 3.05) is 0 Å². The Balaban J connectivity index is -0.00000128. The van der Waals surface area contributed by atoms with Gasteiger partial charge in [-0.25, -0.2) is 0 Å². The van der Waals surface area contributed by atoms with Crippen LogP contribution in [0.1, 0.15) is 362 Å². The van der Waals surface area contributed by atoms with Gasteiger partial charge in [0.05, 0.1) is 0 Å². The van der Waals surface area contributed by atoms with E-state index in [1.165, 1.54) is 205 Å². The van der Waals surface area contributed by atoms with Gasteiger partial charge in [-0.3, -0.25) is 9.59 Å². The molecule has 0 aromatic carbocycles. The van der Waals surface area contributed by atoms with Crippen LogP contribution in [0.3, 0.4) is 0 Å². The maximum atomic E-state index is 12.4. The summed E-state index contributed by atoms with van der Waals surface area (Å²) in [5.74, 6) is -2.03. The number of carbonyl (C=O) groups excluding carboxylic acids is 4. The maximum absolute atomic E-state index is 12.4. The summed E-state index contributed by atoms with van der Waals surface area (Å²) in [6, 6.07) is 0. The summed E-state index contributed by atoms with van der Waals surface area (Å²) in [6.07, 6.45) is 58.4. The topological polar surface area (TPSA) is 133 Å². The van der Waals surface area contributed by atoms with Crippen molar-refractivity contribution in [1.29, 1.82) is 0 Å². The summed E-state index contributed by atoms with van der Waals surface area (Å²) in [5, 5.41) is 21.2. The van der Waals surface area contributed by atoms with Gasteiger partial charge >= 0.3 is 49.7 Å². The molecule has 0 fully saturated rings. The molecule has 0 saturated heterocycles. The number of carboxylic acids is 2. The molecule has 0 aromatic rings. The quantitative estimate of drug-likeness (QED) is 0.0334. The summed E-state index contributed by atoms with van der Waals surface area (Å²) in [7, 11) is 0. The molecular weight excluding hydrogens is 913 g/mol. The first-order chi connectivity index (χ1) is 34.2. The van der Waals surface area contributed by atoms with E-state index in [4.69, 9.17) is 9.47 Å². The van der Waals surface area contributed by atoms with E-state index in [9.17, 15) is 29.4 Å². The number of ether oxygens (including phenoxy) is 2. The fourth-order valence-electron chi connectivity index (χ4n) is 9.53. The van der Waals surface area contributed by atoms with E-state index in [1.54, 1.807) is 0 Å². The Morgan fingerprint density at radius 3 is 0.648 bits per heavy atom. The second kappa shape index (κ2) is 63.4. The van der Waals surface area contributed by atoms with Gasteiger partial charge in [-0.2, -0.15) is 0 Å². The number of carboxylic acid groups (broad SMARTS) is 2. The number of esters is 2. The minimum absolute atomic E-state index is 0. The van der Waals surface area contributed by atoms with Crippen LogP contribution >= 0.6 is 0 Å². The molecule has 2 unspecified atom stereocenters. The van der Waals surface area contributed by atoms with Gasteiger partial charge in [0, 0.05) is 24.8 Å². The molecule has 0 amide bonds. The second-order valence-corrected chi connectivity index (χ2v) is 21.3. The Kier molecular flexibility index (Phi) is 66.5. The molecule has 2 atom stereocenters. The zero-order valence-corrected chi connectivity index (χ0v) is 50.1. The van der Waals surface area contributed by atoms with Crippen molar-refractivity contribution in [2.45, 2.75) is 374 Å². The van der Waals surface area contributed by atoms with Gasteiger partial charge in [-0.1, -0.05) is 259 Å². The number of unbranched alkanes of at least 4 members (excludes halogenated alkanes) is 38. The van der Waals surface area contributed by atoms with Gasteiger partial charge in [0.1, 0.15) is 12.2 Å². The van der Waals surface area contributed by atoms with Crippen molar-refractivity contribution >= 4 is 61.6 Å². The van der Waals surface area contributed by atoms with E-state index in [-0.39, 0.29) is 74.7 Å². The molecular formula is C62H118CaO8. The van der Waals surface area contributed by atoms with Crippen LogP contribution in [-0.4, -0.2) is 73.8 Å². The summed E-state index contributed by atoms with van der Waals surface area (Å²) in [6.45, 7) is 9.02. The van der Waals surface area contributed by atoms with E-state index in [0.29, 0.717) is 25.7 Å². The largest absolute Gasteiger partial charge is 2.00 e. The second-order valence-electron chi connectivity index (χ2n) is 21.3. The third-order valence-corrected chi connectivity index (χ3v) is 14.1. The van der Waals surface area contributed by atoms with Crippen LogP contribution in [0.2, 0.25) is 0 Å². The van der Waals surface area contributed by atoms with Crippen LogP contribution in [0, 0.1) is 0 Å². The molecule has 8 nitrogen and oxygen atoms in total. The Hall–Kier alpha value is -0.860. The molecule has 0 N–H and O–H groups in total. The molecule has 0 rings (SSSR count). The van der Waals surface area contributed by atoms with Crippen molar-refractivity contribution in [3.05, 3.63) is 0 Å². The molecule has 0 radical (unpaired) electrons. The number of carbonyl (C=O) groups is 4. The van der Waals surface area contributed by atoms with E-state index >= 15 is 0 Å². The molecule has 0 aliphatic heterocycles. The minimum atomic E-state index is -0.973. The molecule has 0 aliphatic carbocycles. The maximum Gasteiger partial charge on any atom is 2.00 e. The first-order valence-corrected chi connectivity index (χ1v) is 31.0. The van der Waals surface area contributed by atoms with Crippen LogP contribution in [0.4, 0.5) is 0 Å². The number of aliphatic carboxylic acids is 2. The van der Waals surface area contributed by atoms with E-state index in [1.807, 2.05) is 0 Å². The van der Waals surface area contributed by atoms with Crippen molar-refractivity contribution in [1.82, 2.24) is 0 Å². The van der Waals surface area contributed by atoms with Crippen molar-refractivity contribution in [2.24, 2.45) is 0 Å². The monoisotopic (exact) mass is 1030 g/mol. The average Bonchev–Trinajstić information content (AvgIpc) is 3.33. The van der Waals surface area contributed by atoms with Crippen molar-refractivity contribution in [3.8, 4) is 0 Å². The number of hydrogen-bond acceptors (Lipinski definition) is 8. The van der Waals surface area contributed by atoms with Gasteiger partial charge in [-0.15, -0.1) is 0 Å². The summed E-state index contributed by atoms with van der Waals surface area (Å²) >= 11 is 0. The Labute approximate surface area is 471 Å². The predicted molar refractivity (Wildman–Crippen MR) is 298 cm³/mol. The van der Waals surface area contributed by atoms with Crippen molar-refractivity contribution in [3.63, 3.8) is 0 Å². The van der Waals surface area contributed by atoms with Crippen molar-refractivity contribution < 1.29 is 38.9 Å².